The molecule has 0 heterocycles. The molecule has 0 saturated heterocycles. The van der Waals surface area contributed by atoms with E-state index in [0.717, 1.165) is 30.4 Å². The van der Waals surface area contributed by atoms with Gasteiger partial charge in [0.05, 0.1) is 5.41 Å². The molecule has 1 nitrogen and oxygen atoms in total. The van der Waals surface area contributed by atoms with Crippen molar-refractivity contribution in [2.24, 2.45) is 0 Å². The first-order valence-corrected chi connectivity index (χ1v) is 7.40. The molecule has 0 aliphatic rings. The summed E-state index contributed by atoms with van der Waals surface area (Å²) in [7, 11) is 0. The number of benzene rings is 2. The fourth-order valence-electron chi connectivity index (χ4n) is 2.98. The maximum absolute atomic E-state index is 13.1. The van der Waals surface area contributed by atoms with E-state index < -0.39 is 5.41 Å². The Morgan fingerprint density at radius 3 is 1.95 bits per heavy atom. The second-order valence-corrected chi connectivity index (χ2v) is 5.25. The standard InChI is InChI=1S/C19H22O/c1-3-15-19(4-2,17-13-9-6-10-14-17)18(20)16-11-7-5-8-12-16/h5-14H,3-4,15H2,1-2H3. The van der Waals surface area contributed by atoms with Gasteiger partial charge in [-0.2, -0.15) is 0 Å². The summed E-state index contributed by atoms with van der Waals surface area (Å²) >= 11 is 0. The van der Waals surface area contributed by atoms with Gasteiger partial charge < -0.3 is 0 Å². The monoisotopic (exact) mass is 266 g/mol. The van der Waals surface area contributed by atoms with Crippen LogP contribution in [0, 0.1) is 0 Å². The molecule has 1 atom stereocenters. The summed E-state index contributed by atoms with van der Waals surface area (Å²) in [5.41, 5.74) is 1.56. The van der Waals surface area contributed by atoms with Crippen LogP contribution >= 0.6 is 0 Å². The highest BCUT2D eigenvalue weighted by molar-refractivity contribution is 6.04. The molecular weight excluding hydrogens is 244 g/mol. The highest BCUT2D eigenvalue weighted by Gasteiger charge is 2.37. The van der Waals surface area contributed by atoms with Crippen LogP contribution in [0.1, 0.15) is 49.0 Å². The first-order valence-electron chi connectivity index (χ1n) is 7.40. The van der Waals surface area contributed by atoms with Crippen molar-refractivity contribution in [3.05, 3.63) is 71.8 Å². The van der Waals surface area contributed by atoms with Gasteiger partial charge in [0.1, 0.15) is 0 Å². The molecule has 1 heteroatoms. The molecule has 0 aliphatic carbocycles. The largest absolute Gasteiger partial charge is 0.293 e. The fraction of sp³-hybridized carbons (Fsp3) is 0.316. The zero-order valence-electron chi connectivity index (χ0n) is 12.3. The topological polar surface area (TPSA) is 17.1 Å². The predicted octanol–water partition coefficient (Wildman–Crippen LogP) is 5.02. The predicted molar refractivity (Wildman–Crippen MR) is 84.1 cm³/mol. The van der Waals surface area contributed by atoms with E-state index in [9.17, 15) is 4.79 Å². The number of carbonyl (C=O) groups excluding carboxylic acids is 1. The smallest absolute Gasteiger partial charge is 0.173 e. The third-order valence-corrected chi connectivity index (χ3v) is 4.08. The molecule has 104 valence electrons. The van der Waals surface area contributed by atoms with Crippen LogP contribution in [-0.2, 0) is 5.41 Å². The fourth-order valence-corrected chi connectivity index (χ4v) is 2.98. The summed E-state index contributed by atoms with van der Waals surface area (Å²) in [5, 5.41) is 0. The first-order chi connectivity index (χ1) is 9.74. The van der Waals surface area contributed by atoms with Gasteiger partial charge in [0, 0.05) is 5.56 Å². The van der Waals surface area contributed by atoms with E-state index >= 15 is 0 Å². The molecule has 0 fully saturated rings. The molecule has 2 rings (SSSR count). The summed E-state index contributed by atoms with van der Waals surface area (Å²) in [4.78, 5) is 13.1. The summed E-state index contributed by atoms with van der Waals surface area (Å²) < 4.78 is 0. The van der Waals surface area contributed by atoms with Crippen LogP contribution in [0.15, 0.2) is 60.7 Å². The summed E-state index contributed by atoms with van der Waals surface area (Å²) in [6, 6.07) is 19.9. The van der Waals surface area contributed by atoms with Gasteiger partial charge in [-0.25, -0.2) is 0 Å². The summed E-state index contributed by atoms with van der Waals surface area (Å²) in [6.45, 7) is 4.26. The van der Waals surface area contributed by atoms with E-state index in [2.05, 4.69) is 26.0 Å². The van der Waals surface area contributed by atoms with Gasteiger partial charge in [0.25, 0.3) is 0 Å². The molecule has 2 aromatic carbocycles. The molecule has 0 amide bonds. The zero-order valence-corrected chi connectivity index (χ0v) is 12.3. The highest BCUT2D eigenvalue weighted by Crippen LogP contribution is 2.36. The Bertz CT molecular complexity index is 544. The second-order valence-electron chi connectivity index (χ2n) is 5.25. The van der Waals surface area contributed by atoms with E-state index in [4.69, 9.17) is 0 Å². The molecule has 0 N–H and O–H groups in total. The molecule has 1 unspecified atom stereocenters. The lowest BCUT2D eigenvalue weighted by Gasteiger charge is -2.32. The van der Waals surface area contributed by atoms with Crippen LogP contribution in [0.3, 0.4) is 0 Å². The van der Waals surface area contributed by atoms with Gasteiger partial charge >= 0.3 is 0 Å². The van der Waals surface area contributed by atoms with Gasteiger partial charge in [-0.15, -0.1) is 0 Å². The Balaban J connectivity index is 2.50. The van der Waals surface area contributed by atoms with Crippen LogP contribution in [-0.4, -0.2) is 5.78 Å². The van der Waals surface area contributed by atoms with Crippen LogP contribution < -0.4 is 0 Å². The van der Waals surface area contributed by atoms with Gasteiger partial charge in [-0.1, -0.05) is 80.9 Å². The van der Waals surface area contributed by atoms with E-state index in [0.29, 0.717) is 0 Å². The molecule has 0 aliphatic heterocycles. The van der Waals surface area contributed by atoms with Crippen molar-refractivity contribution in [2.45, 2.75) is 38.5 Å². The van der Waals surface area contributed by atoms with Crippen molar-refractivity contribution in [2.75, 3.05) is 0 Å². The lowest BCUT2D eigenvalue weighted by molar-refractivity contribution is 0.0867. The number of carbonyl (C=O) groups is 1. The van der Waals surface area contributed by atoms with Gasteiger partial charge in [0.2, 0.25) is 0 Å². The number of ketones is 1. The molecule has 0 bridgehead atoms. The maximum atomic E-state index is 13.1. The third kappa shape index (κ3) is 2.67. The lowest BCUT2D eigenvalue weighted by Crippen LogP contribution is -2.35. The van der Waals surface area contributed by atoms with E-state index in [1.165, 1.54) is 0 Å². The SMILES string of the molecule is CCCC(CC)(C(=O)c1ccccc1)c1ccccc1. The third-order valence-electron chi connectivity index (χ3n) is 4.08. The number of rotatable bonds is 6. The van der Waals surface area contributed by atoms with E-state index in [-0.39, 0.29) is 5.78 Å². The number of Topliss-reactive ketones (excluding diaryl/α,β-unsaturated/α-hetero) is 1. The van der Waals surface area contributed by atoms with Gasteiger partial charge in [-0.3, -0.25) is 4.79 Å². The lowest BCUT2D eigenvalue weighted by atomic mass is 9.69. The Labute approximate surface area is 121 Å². The number of hydrogen-bond acceptors (Lipinski definition) is 1. The Kier molecular flexibility index (Phi) is 4.73. The average Bonchev–Trinajstić information content (AvgIpc) is 2.54. The van der Waals surface area contributed by atoms with Crippen LogP contribution in [0.4, 0.5) is 0 Å². The molecule has 0 saturated carbocycles. The molecular formula is C19H22O. The van der Waals surface area contributed by atoms with Crippen LogP contribution in [0.25, 0.3) is 0 Å². The molecule has 0 spiro atoms. The minimum atomic E-state index is -0.392. The Morgan fingerprint density at radius 2 is 1.45 bits per heavy atom. The maximum Gasteiger partial charge on any atom is 0.173 e. The van der Waals surface area contributed by atoms with Crippen LogP contribution in [0.2, 0.25) is 0 Å². The van der Waals surface area contributed by atoms with E-state index in [1.807, 2.05) is 48.5 Å². The minimum absolute atomic E-state index is 0.244. The zero-order chi connectivity index (χ0) is 14.4. The van der Waals surface area contributed by atoms with Gasteiger partial charge in [-0.05, 0) is 18.4 Å². The minimum Gasteiger partial charge on any atom is -0.293 e. The second kappa shape index (κ2) is 6.51. The van der Waals surface area contributed by atoms with Gasteiger partial charge in [0.15, 0.2) is 5.78 Å². The normalized spacial score (nSPS) is 13.7. The average molecular weight is 266 g/mol. The molecule has 2 aromatic rings. The Hall–Kier alpha value is -1.89. The quantitative estimate of drug-likeness (QED) is 0.671. The van der Waals surface area contributed by atoms with Crippen molar-refractivity contribution in [3.63, 3.8) is 0 Å². The first kappa shape index (κ1) is 14.5. The van der Waals surface area contributed by atoms with Crippen molar-refractivity contribution >= 4 is 5.78 Å². The van der Waals surface area contributed by atoms with Crippen molar-refractivity contribution in [1.29, 1.82) is 0 Å². The van der Waals surface area contributed by atoms with Crippen LogP contribution in [0.5, 0.6) is 0 Å². The number of hydrogen-bond donors (Lipinski definition) is 0. The van der Waals surface area contributed by atoms with Crippen molar-refractivity contribution in [3.8, 4) is 0 Å². The summed E-state index contributed by atoms with van der Waals surface area (Å²) in [5.74, 6) is 0.244. The highest BCUT2D eigenvalue weighted by atomic mass is 16.1. The molecule has 20 heavy (non-hydrogen) atoms. The van der Waals surface area contributed by atoms with E-state index in [1.54, 1.807) is 0 Å². The molecule has 0 aromatic heterocycles. The Morgan fingerprint density at radius 1 is 0.900 bits per heavy atom. The summed E-state index contributed by atoms with van der Waals surface area (Å²) in [6.07, 6.45) is 2.72. The van der Waals surface area contributed by atoms with Crippen molar-refractivity contribution < 1.29 is 4.79 Å². The van der Waals surface area contributed by atoms with Crippen molar-refractivity contribution in [1.82, 2.24) is 0 Å². The molecule has 0 radical (unpaired) electrons.